The topological polar surface area (TPSA) is 75.5 Å². The van der Waals surface area contributed by atoms with Crippen molar-refractivity contribution >= 4 is 39.9 Å². The van der Waals surface area contributed by atoms with Gasteiger partial charge in [-0.15, -0.1) is 12.4 Å². The highest BCUT2D eigenvalue weighted by Gasteiger charge is 2.26. The van der Waals surface area contributed by atoms with Crippen LogP contribution in [0.5, 0.6) is 0 Å². The number of rotatable bonds is 2. The Bertz CT molecular complexity index is 527. The molecule has 1 N–H and O–H groups in total. The molecule has 1 atom stereocenters. The highest BCUT2D eigenvalue weighted by atomic mass is 79.9. The molecule has 1 aromatic carbocycles. The first-order valence-corrected chi connectivity index (χ1v) is 6.75. The number of non-ortho nitro benzene ring substituents is 1. The number of carbonyl (C=O) groups is 1. The Kier molecular flexibility index (Phi) is 5.91. The number of carbonyl (C=O) groups excluding carboxylic acids is 1. The molecule has 1 aromatic rings. The molecule has 0 bridgehead atoms. The first kappa shape index (κ1) is 16.9. The highest BCUT2D eigenvalue weighted by molar-refractivity contribution is 9.10. The fourth-order valence-electron chi connectivity index (χ4n) is 2.09. The van der Waals surface area contributed by atoms with Gasteiger partial charge in [0.15, 0.2) is 0 Å². The second-order valence-electron chi connectivity index (χ2n) is 4.47. The van der Waals surface area contributed by atoms with Crippen molar-refractivity contribution in [2.75, 3.05) is 19.6 Å². The molecule has 1 heterocycles. The summed E-state index contributed by atoms with van der Waals surface area (Å²) in [6, 6.07) is 4.33. The molecule has 0 unspecified atom stereocenters. The van der Waals surface area contributed by atoms with E-state index in [0.29, 0.717) is 16.6 Å². The van der Waals surface area contributed by atoms with E-state index in [1.807, 2.05) is 6.92 Å². The van der Waals surface area contributed by atoms with Crippen LogP contribution < -0.4 is 5.32 Å². The third kappa shape index (κ3) is 3.47. The molecule has 1 fully saturated rings. The predicted octanol–water partition coefficient (Wildman–Crippen LogP) is 2.21. The molecule has 1 saturated heterocycles. The summed E-state index contributed by atoms with van der Waals surface area (Å²) in [6.07, 6.45) is 0. The van der Waals surface area contributed by atoms with Crippen LogP contribution in [0.3, 0.4) is 0 Å². The van der Waals surface area contributed by atoms with Crippen LogP contribution in [0.25, 0.3) is 0 Å². The quantitative estimate of drug-likeness (QED) is 0.645. The van der Waals surface area contributed by atoms with Crippen LogP contribution in [-0.2, 0) is 0 Å². The van der Waals surface area contributed by atoms with E-state index in [-0.39, 0.29) is 30.0 Å². The van der Waals surface area contributed by atoms with Gasteiger partial charge in [-0.05, 0) is 28.9 Å². The molecule has 1 aliphatic heterocycles. The average Bonchev–Trinajstić information content (AvgIpc) is 2.38. The minimum atomic E-state index is -0.480. The first-order chi connectivity index (χ1) is 9.00. The zero-order chi connectivity index (χ0) is 14.0. The number of nitro benzene ring substituents is 1. The maximum Gasteiger partial charge on any atom is 0.270 e. The number of nitrogens with one attached hydrogen (secondary N) is 1. The smallest absolute Gasteiger partial charge is 0.270 e. The zero-order valence-electron chi connectivity index (χ0n) is 10.8. The maximum atomic E-state index is 12.4. The molecule has 0 spiro atoms. The number of nitro groups is 1. The van der Waals surface area contributed by atoms with Crippen LogP contribution in [0.4, 0.5) is 5.69 Å². The van der Waals surface area contributed by atoms with Gasteiger partial charge in [-0.1, -0.05) is 0 Å². The predicted molar refractivity (Wildman–Crippen MR) is 81.4 cm³/mol. The van der Waals surface area contributed by atoms with Crippen molar-refractivity contribution in [2.24, 2.45) is 0 Å². The number of piperazine rings is 1. The van der Waals surface area contributed by atoms with Gasteiger partial charge < -0.3 is 10.2 Å². The monoisotopic (exact) mass is 363 g/mol. The Balaban J connectivity index is 0.00000200. The van der Waals surface area contributed by atoms with Crippen molar-refractivity contribution in [1.29, 1.82) is 0 Å². The van der Waals surface area contributed by atoms with E-state index in [4.69, 9.17) is 0 Å². The molecule has 20 heavy (non-hydrogen) atoms. The third-order valence-electron chi connectivity index (χ3n) is 3.16. The van der Waals surface area contributed by atoms with Crippen LogP contribution >= 0.6 is 28.3 Å². The molecule has 2 rings (SSSR count). The summed E-state index contributed by atoms with van der Waals surface area (Å²) >= 11 is 3.24. The Morgan fingerprint density at radius 1 is 1.55 bits per heavy atom. The number of halogens is 2. The summed E-state index contributed by atoms with van der Waals surface area (Å²) in [5.41, 5.74) is 0.427. The summed E-state index contributed by atoms with van der Waals surface area (Å²) in [4.78, 5) is 24.4. The molecule has 8 heteroatoms. The molecule has 1 aliphatic rings. The zero-order valence-corrected chi connectivity index (χ0v) is 13.2. The third-order valence-corrected chi connectivity index (χ3v) is 3.81. The number of nitrogens with zero attached hydrogens (tertiary/aromatic N) is 2. The average molecular weight is 365 g/mol. The number of hydrogen-bond donors (Lipinski definition) is 1. The van der Waals surface area contributed by atoms with E-state index < -0.39 is 4.92 Å². The fraction of sp³-hybridized carbons (Fsp3) is 0.417. The number of benzene rings is 1. The van der Waals surface area contributed by atoms with Crippen molar-refractivity contribution in [3.63, 3.8) is 0 Å². The van der Waals surface area contributed by atoms with Gasteiger partial charge in [0, 0.05) is 42.3 Å². The summed E-state index contributed by atoms with van der Waals surface area (Å²) in [5, 5.41) is 13.9. The van der Waals surface area contributed by atoms with Gasteiger partial charge in [-0.2, -0.15) is 0 Å². The SMILES string of the molecule is C[C@H]1CNCCN1C(=O)c1ccc([N+](=O)[O-])cc1Br.Cl. The van der Waals surface area contributed by atoms with Crippen LogP contribution in [0.2, 0.25) is 0 Å². The molecule has 6 nitrogen and oxygen atoms in total. The second kappa shape index (κ2) is 7.01. The van der Waals surface area contributed by atoms with Crippen molar-refractivity contribution < 1.29 is 9.72 Å². The summed E-state index contributed by atoms with van der Waals surface area (Å²) in [7, 11) is 0. The van der Waals surface area contributed by atoms with Gasteiger partial charge in [0.2, 0.25) is 0 Å². The lowest BCUT2D eigenvalue weighted by atomic mass is 10.1. The largest absolute Gasteiger partial charge is 0.333 e. The molecular weight excluding hydrogens is 350 g/mol. The Morgan fingerprint density at radius 2 is 2.25 bits per heavy atom. The second-order valence-corrected chi connectivity index (χ2v) is 5.33. The standard InChI is InChI=1S/C12H14BrN3O3.ClH/c1-8-7-14-4-5-15(8)12(17)10-3-2-9(16(18)19)6-11(10)13;/h2-3,6,8,14H,4-5,7H2,1H3;1H/t8-;/m0./s1. The maximum absolute atomic E-state index is 12.4. The molecule has 0 radical (unpaired) electrons. The van der Waals surface area contributed by atoms with Crippen LogP contribution in [-0.4, -0.2) is 41.4 Å². The minimum Gasteiger partial charge on any atom is -0.333 e. The van der Waals surface area contributed by atoms with E-state index in [9.17, 15) is 14.9 Å². The van der Waals surface area contributed by atoms with Gasteiger partial charge in [-0.25, -0.2) is 0 Å². The Morgan fingerprint density at radius 3 is 2.80 bits per heavy atom. The van der Waals surface area contributed by atoms with Gasteiger partial charge in [0.05, 0.1) is 10.5 Å². The fourth-order valence-corrected chi connectivity index (χ4v) is 2.62. The lowest BCUT2D eigenvalue weighted by Gasteiger charge is -2.34. The van der Waals surface area contributed by atoms with Gasteiger partial charge in [0.1, 0.15) is 0 Å². The summed E-state index contributed by atoms with van der Waals surface area (Å²) < 4.78 is 0.456. The Labute approximate surface area is 131 Å². The van der Waals surface area contributed by atoms with E-state index in [0.717, 1.165) is 13.1 Å². The van der Waals surface area contributed by atoms with E-state index in [1.54, 1.807) is 4.90 Å². The number of hydrogen-bond acceptors (Lipinski definition) is 4. The van der Waals surface area contributed by atoms with Gasteiger partial charge in [-0.3, -0.25) is 14.9 Å². The lowest BCUT2D eigenvalue weighted by molar-refractivity contribution is -0.384. The van der Waals surface area contributed by atoms with Gasteiger partial charge >= 0.3 is 0 Å². The molecule has 0 aromatic heterocycles. The number of amides is 1. The van der Waals surface area contributed by atoms with Crippen molar-refractivity contribution in [3.05, 3.63) is 38.3 Å². The summed E-state index contributed by atoms with van der Waals surface area (Å²) in [5.74, 6) is -0.101. The molecule has 1 amide bonds. The lowest BCUT2D eigenvalue weighted by Crippen LogP contribution is -2.52. The van der Waals surface area contributed by atoms with Crippen LogP contribution in [0.1, 0.15) is 17.3 Å². The molecule has 0 aliphatic carbocycles. The normalized spacial score (nSPS) is 18.3. The van der Waals surface area contributed by atoms with Crippen LogP contribution in [0.15, 0.2) is 22.7 Å². The minimum absolute atomic E-state index is 0. The van der Waals surface area contributed by atoms with E-state index in [1.165, 1.54) is 18.2 Å². The van der Waals surface area contributed by atoms with Crippen molar-refractivity contribution in [3.8, 4) is 0 Å². The Hall–Kier alpha value is -1.18. The molecule has 110 valence electrons. The molecular formula is C12H15BrClN3O3. The van der Waals surface area contributed by atoms with Crippen LogP contribution in [0, 0.1) is 10.1 Å². The first-order valence-electron chi connectivity index (χ1n) is 5.96. The van der Waals surface area contributed by atoms with E-state index >= 15 is 0 Å². The van der Waals surface area contributed by atoms with Gasteiger partial charge in [0.25, 0.3) is 11.6 Å². The molecule has 0 saturated carbocycles. The summed E-state index contributed by atoms with van der Waals surface area (Å²) in [6.45, 7) is 4.14. The van der Waals surface area contributed by atoms with Crippen molar-refractivity contribution in [2.45, 2.75) is 13.0 Å². The van der Waals surface area contributed by atoms with E-state index in [2.05, 4.69) is 21.2 Å². The highest BCUT2D eigenvalue weighted by Crippen LogP contribution is 2.25. The van der Waals surface area contributed by atoms with Crippen molar-refractivity contribution in [1.82, 2.24) is 10.2 Å².